The van der Waals surface area contributed by atoms with E-state index >= 15 is 0 Å². The second-order valence-electron chi connectivity index (χ2n) is 10.5. The van der Waals surface area contributed by atoms with Crippen molar-refractivity contribution < 1.29 is 22.4 Å². The fourth-order valence-corrected chi connectivity index (χ4v) is 6.81. The monoisotopic (exact) mass is 652 g/mol. The van der Waals surface area contributed by atoms with Crippen molar-refractivity contribution in [3.05, 3.63) is 84.2 Å². The molecule has 0 amide bonds. The maximum atomic E-state index is 13.6. The summed E-state index contributed by atoms with van der Waals surface area (Å²) in [5, 5.41) is 16.1. The Morgan fingerprint density at radius 1 is 1.20 bits per heavy atom. The zero-order valence-corrected chi connectivity index (χ0v) is 24.8. The van der Waals surface area contributed by atoms with E-state index in [1.54, 1.807) is 36.5 Å². The first-order chi connectivity index (χ1) is 19.0. The molecule has 5 rings (SSSR count). The molecule has 1 aromatic heterocycles. The number of aromatic nitrogens is 2. The van der Waals surface area contributed by atoms with Crippen molar-refractivity contribution in [3.63, 3.8) is 0 Å². The van der Waals surface area contributed by atoms with E-state index in [1.807, 2.05) is 4.90 Å². The second-order valence-corrected chi connectivity index (χ2v) is 13.9. The summed E-state index contributed by atoms with van der Waals surface area (Å²) in [5.74, 6) is -0.141. The molecule has 212 valence electrons. The molecule has 2 heterocycles. The number of nitro groups is 1. The van der Waals surface area contributed by atoms with Gasteiger partial charge in [0, 0.05) is 16.5 Å². The zero-order valence-electron chi connectivity index (χ0n) is 21.7. The summed E-state index contributed by atoms with van der Waals surface area (Å²) in [5.41, 5.74) is 0.825. The van der Waals surface area contributed by atoms with Gasteiger partial charge >= 0.3 is 5.56 Å². The number of anilines is 1. The minimum atomic E-state index is -3.66. The van der Waals surface area contributed by atoms with Crippen molar-refractivity contribution >= 4 is 48.9 Å². The van der Waals surface area contributed by atoms with Crippen LogP contribution in [0.15, 0.2) is 57.9 Å². The second kappa shape index (κ2) is 11.1. The highest BCUT2D eigenvalue weighted by atomic mass is 79.9. The number of hydrogen-bond acceptors (Lipinski definition) is 8. The Balaban J connectivity index is 1.35. The van der Waals surface area contributed by atoms with E-state index in [4.69, 9.17) is 16.3 Å². The van der Waals surface area contributed by atoms with E-state index in [2.05, 4.69) is 28.0 Å². The first kappa shape index (κ1) is 28.5. The highest BCUT2D eigenvalue weighted by Crippen LogP contribution is 2.45. The Bertz CT molecular complexity index is 1620. The lowest BCUT2D eigenvalue weighted by Gasteiger charge is -2.33. The smallest absolute Gasteiger partial charge is 0.316 e. The van der Waals surface area contributed by atoms with E-state index in [0.717, 1.165) is 12.8 Å². The maximum Gasteiger partial charge on any atom is 0.316 e. The summed E-state index contributed by atoms with van der Waals surface area (Å²) in [6.45, 7) is 3.73. The van der Waals surface area contributed by atoms with E-state index in [1.165, 1.54) is 16.8 Å². The predicted molar refractivity (Wildman–Crippen MR) is 154 cm³/mol. The predicted octanol–water partition coefficient (Wildman–Crippen LogP) is 2.97. The van der Waals surface area contributed by atoms with Crippen molar-refractivity contribution in [2.45, 2.75) is 25.5 Å². The number of halogens is 2. The number of sulfonamides is 1. The Labute approximate surface area is 244 Å². The third kappa shape index (κ3) is 6.17. The van der Waals surface area contributed by atoms with Crippen LogP contribution in [0, 0.1) is 15.5 Å². The number of nitrogens with one attached hydrogen (secondary N) is 1. The summed E-state index contributed by atoms with van der Waals surface area (Å²) in [7, 11) is -3.66. The first-order valence-electron chi connectivity index (χ1n) is 12.7. The quantitative estimate of drug-likeness (QED) is 0.276. The van der Waals surface area contributed by atoms with Gasteiger partial charge in [-0.25, -0.2) is 4.31 Å². The molecule has 0 spiro atoms. The minimum absolute atomic E-state index is 0.0346. The zero-order chi connectivity index (χ0) is 28.7. The van der Waals surface area contributed by atoms with Gasteiger partial charge in [0.1, 0.15) is 24.5 Å². The molecule has 3 aromatic rings. The lowest BCUT2D eigenvalue weighted by Crippen LogP contribution is -3.16. The molecule has 0 radical (unpaired) electrons. The standard InChI is InChI=1S/C26H27BrClN5O6S/c1-26(7-8-26)17-39-24-23(15-29-32(25(24)34)20-4-2-3-19(28)14-20)30-9-11-31(12-10-30)40(37,38)16-18-5-6-21(27)22(13-18)33(35)36/h2-6,13-15H,7-12,16-17H2,1H3/p+1. The number of rotatable bonds is 9. The molecule has 1 aliphatic carbocycles. The molecule has 40 heavy (non-hydrogen) atoms. The highest BCUT2D eigenvalue weighted by Gasteiger charge is 2.39. The third-order valence-corrected chi connectivity index (χ3v) is 10.2. The van der Waals surface area contributed by atoms with Gasteiger partial charge in [-0.3, -0.25) is 14.9 Å². The number of quaternary nitrogens is 1. The van der Waals surface area contributed by atoms with Gasteiger partial charge in [0.05, 0.1) is 41.0 Å². The van der Waals surface area contributed by atoms with Crippen LogP contribution in [-0.4, -0.2) is 55.9 Å². The molecule has 11 nitrogen and oxygen atoms in total. The van der Waals surface area contributed by atoms with Gasteiger partial charge in [0.2, 0.25) is 5.75 Å². The molecule has 14 heteroatoms. The van der Waals surface area contributed by atoms with Crippen LogP contribution in [0.5, 0.6) is 5.75 Å². The Morgan fingerprint density at radius 2 is 1.93 bits per heavy atom. The summed E-state index contributed by atoms with van der Waals surface area (Å²) in [6.07, 6.45) is 3.63. The van der Waals surface area contributed by atoms with Crippen LogP contribution in [0.2, 0.25) is 5.02 Å². The molecule has 1 aliphatic heterocycles. The summed E-state index contributed by atoms with van der Waals surface area (Å²) in [4.78, 5) is 26.2. The Kier molecular flexibility index (Phi) is 7.92. The van der Waals surface area contributed by atoms with Crippen molar-refractivity contribution in [1.82, 2.24) is 9.78 Å². The molecule has 0 bridgehead atoms. The van der Waals surface area contributed by atoms with Gasteiger partial charge in [-0.2, -0.15) is 18.2 Å². The summed E-state index contributed by atoms with van der Waals surface area (Å²) < 4.78 is 34.4. The number of benzene rings is 2. The highest BCUT2D eigenvalue weighted by molar-refractivity contribution is 9.10. The number of nitro benzene ring substituents is 1. The third-order valence-electron chi connectivity index (χ3n) is 7.30. The van der Waals surface area contributed by atoms with Crippen LogP contribution in [0.1, 0.15) is 25.3 Å². The average Bonchev–Trinajstić information content (AvgIpc) is 3.65. The molecule has 0 unspecified atom stereocenters. The molecule has 1 saturated carbocycles. The van der Waals surface area contributed by atoms with E-state index < -0.39 is 20.5 Å². The lowest BCUT2D eigenvalue weighted by atomic mass is 10.2. The number of hydrogen-bond donors (Lipinski definition) is 1. The first-order valence-corrected chi connectivity index (χ1v) is 15.5. The Morgan fingerprint density at radius 3 is 2.58 bits per heavy atom. The lowest BCUT2D eigenvalue weighted by molar-refractivity contribution is -0.768. The van der Waals surface area contributed by atoms with Crippen molar-refractivity contribution in [2.75, 3.05) is 37.7 Å². The number of ether oxygens (including phenoxy) is 1. The SMILES string of the molecule is CC1(COc2c(N3CC[NH+](S(=O)(=O)Cc4ccc(Br)c([N+](=O)[O-])c4)CC3)cnn(-c3cccc(Cl)c3)c2=O)CC1. The van der Waals surface area contributed by atoms with Crippen LogP contribution in [0.4, 0.5) is 11.4 Å². The molecule has 0 atom stereocenters. The van der Waals surface area contributed by atoms with Crippen LogP contribution < -0.4 is 19.5 Å². The Hall–Kier alpha value is -3.00. The fourth-order valence-electron chi connectivity index (χ4n) is 4.60. The largest absolute Gasteiger partial charge is 0.486 e. The van der Waals surface area contributed by atoms with E-state index in [9.17, 15) is 23.3 Å². The van der Waals surface area contributed by atoms with Crippen LogP contribution >= 0.6 is 27.5 Å². The van der Waals surface area contributed by atoms with Gasteiger partial charge < -0.3 is 9.64 Å². The van der Waals surface area contributed by atoms with Gasteiger partial charge in [-0.05, 0) is 58.6 Å². The van der Waals surface area contributed by atoms with Crippen molar-refractivity contribution in [3.8, 4) is 11.4 Å². The maximum absolute atomic E-state index is 13.6. The molecule has 2 aromatic carbocycles. The topological polar surface area (TPSA) is 129 Å². The van der Waals surface area contributed by atoms with Gasteiger partial charge in [-0.1, -0.05) is 30.7 Å². The molecule has 1 saturated heterocycles. The van der Waals surface area contributed by atoms with Crippen molar-refractivity contribution in [1.29, 1.82) is 0 Å². The number of piperazine rings is 1. The summed E-state index contributed by atoms with van der Waals surface area (Å²) >= 11 is 9.26. The molecule has 2 aliphatic rings. The molecular weight excluding hydrogens is 626 g/mol. The van der Waals surface area contributed by atoms with Gasteiger partial charge in [0.25, 0.3) is 15.7 Å². The normalized spacial score (nSPS) is 17.0. The molecule has 1 N–H and O–H groups in total. The minimum Gasteiger partial charge on any atom is -0.486 e. The fraction of sp³-hybridized carbons (Fsp3) is 0.385. The van der Waals surface area contributed by atoms with Crippen LogP contribution in [0.3, 0.4) is 0 Å². The number of nitrogens with zero attached hydrogens (tertiary/aromatic N) is 4. The van der Waals surface area contributed by atoms with Gasteiger partial charge in [-0.15, -0.1) is 0 Å². The summed E-state index contributed by atoms with van der Waals surface area (Å²) in [6, 6.07) is 11.2. The van der Waals surface area contributed by atoms with Gasteiger partial charge in [0.15, 0.2) is 0 Å². The van der Waals surface area contributed by atoms with Crippen LogP contribution in [-0.2, 0) is 15.8 Å². The van der Waals surface area contributed by atoms with E-state index in [0.29, 0.717) is 50.4 Å². The van der Waals surface area contributed by atoms with Crippen LogP contribution in [0.25, 0.3) is 5.69 Å². The average molecular weight is 654 g/mol. The van der Waals surface area contributed by atoms with Crippen molar-refractivity contribution in [2.24, 2.45) is 5.41 Å². The molecule has 2 fully saturated rings. The van der Waals surface area contributed by atoms with E-state index in [-0.39, 0.29) is 35.7 Å². The molecular formula is C26H28BrClN5O6S+.